The van der Waals surface area contributed by atoms with Crippen LogP contribution in [-0.4, -0.2) is 53.1 Å². The molecular formula is C13H16N2O3S. The summed E-state index contributed by atoms with van der Waals surface area (Å²) in [6.45, 7) is 4.63. The molecule has 0 N–H and O–H groups in total. The summed E-state index contributed by atoms with van der Waals surface area (Å²) in [6.07, 6.45) is 0. The monoisotopic (exact) mass is 280 g/mol. The Balaban J connectivity index is 2.02. The number of ketones is 1. The molecule has 5 nitrogen and oxygen atoms in total. The number of rotatable bonds is 4. The molecule has 0 aliphatic carbocycles. The topological polar surface area (TPSA) is 57.7 Å². The van der Waals surface area contributed by atoms with Gasteiger partial charge in [0, 0.05) is 19.1 Å². The molecule has 1 aromatic heterocycles. The molecule has 2 heterocycles. The summed E-state index contributed by atoms with van der Waals surface area (Å²) in [6, 6.07) is 3.53. The van der Waals surface area contributed by atoms with Gasteiger partial charge in [0.1, 0.15) is 0 Å². The fourth-order valence-electron chi connectivity index (χ4n) is 2.02. The standard InChI is InChI=1S/C13H16N2O3S/c1-9(2)15-6-5-14(12(17)13(15)18)8-10(16)11-4-3-7-19-11/h3-4,7,9H,5-6,8H2,1-2H3. The van der Waals surface area contributed by atoms with Crippen LogP contribution in [0.2, 0.25) is 0 Å². The fraction of sp³-hybridized carbons (Fsp3) is 0.462. The van der Waals surface area contributed by atoms with Gasteiger partial charge in [0.15, 0.2) is 5.78 Å². The molecule has 0 unspecified atom stereocenters. The Bertz CT molecular complexity index is 496. The van der Waals surface area contributed by atoms with Crippen LogP contribution in [0.3, 0.4) is 0 Å². The Morgan fingerprint density at radius 2 is 2.05 bits per heavy atom. The summed E-state index contributed by atoms with van der Waals surface area (Å²) in [7, 11) is 0. The number of nitrogens with zero attached hydrogens (tertiary/aromatic N) is 2. The molecule has 0 bridgehead atoms. The largest absolute Gasteiger partial charge is 0.330 e. The van der Waals surface area contributed by atoms with Crippen LogP contribution < -0.4 is 0 Å². The van der Waals surface area contributed by atoms with Crippen molar-refractivity contribution in [1.29, 1.82) is 0 Å². The van der Waals surface area contributed by atoms with E-state index in [-0.39, 0.29) is 18.4 Å². The molecule has 0 spiro atoms. The molecule has 19 heavy (non-hydrogen) atoms. The zero-order chi connectivity index (χ0) is 14.0. The van der Waals surface area contributed by atoms with Crippen LogP contribution in [0.5, 0.6) is 0 Å². The lowest BCUT2D eigenvalue weighted by Crippen LogP contribution is -2.57. The molecular weight excluding hydrogens is 264 g/mol. The molecule has 0 atom stereocenters. The number of carbonyl (C=O) groups is 3. The first-order valence-corrected chi connectivity index (χ1v) is 7.05. The highest BCUT2D eigenvalue weighted by Crippen LogP contribution is 2.13. The first-order valence-electron chi connectivity index (χ1n) is 6.17. The fourth-order valence-corrected chi connectivity index (χ4v) is 2.68. The van der Waals surface area contributed by atoms with Gasteiger partial charge in [0.2, 0.25) is 0 Å². The zero-order valence-electron chi connectivity index (χ0n) is 11.0. The van der Waals surface area contributed by atoms with E-state index in [2.05, 4.69) is 0 Å². The van der Waals surface area contributed by atoms with Crippen molar-refractivity contribution >= 4 is 28.9 Å². The summed E-state index contributed by atoms with van der Waals surface area (Å²) in [4.78, 5) is 39.2. The second kappa shape index (κ2) is 5.52. The first kappa shape index (κ1) is 13.7. The van der Waals surface area contributed by atoms with Gasteiger partial charge < -0.3 is 9.80 Å². The van der Waals surface area contributed by atoms with Gasteiger partial charge in [-0.15, -0.1) is 11.3 Å². The van der Waals surface area contributed by atoms with E-state index >= 15 is 0 Å². The van der Waals surface area contributed by atoms with Crippen molar-refractivity contribution in [3.63, 3.8) is 0 Å². The van der Waals surface area contributed by atoms with E-state index in [1.165, 1.54) is 21.1 Å². The van der Waals surface area contributed by atoms with Crippen molar-refractivity contribution in [2.24, 2.45) is 0 Å². The number of hydrogen-bond donors (Lipinski definition) is 0. The minimum absolute atomic E-state index is 0.00611. The molecule has 2 rings (SSSR count). The van der Waals surface area contributed by atoms with Crippen LogP contribution in [0.15, 0.2) is 17.5 Å². The van der Waals surface area contributed by atoms with Gasteiger partial charge in [-0.2, -0.15) is 0 Å². The third kappa shape index (κ3) is 2.84. The third-order valence-corrected chi connectivity index (χ3v) is 4.01. The predicted octanol–water partition coefficient (Wildman–Crippen LogP) is 1.01. The molecule has 1 saturated heterocycles. The summed E-state index contributed by atoms with van der Waals surface area (Å²) in [5, 5.41) is 1.82. The molecule has 102 valence electrons. The van der Waals surface area contributed by atoms with Crippen LogP contribution in [0.4, 0.5) is 0 Å². The van der Waals surface area contributed by atoms with Crippen LogP contribution in [0.25, 0.3) is 0 Å². The summed E-state index contributed by atoms with van der Waals surface area (Å²) < 4.78 is 0. The number of carbonyl (C=O) groups excluding carboxylic acids is 3. The van der Waals surface area contributed by atoms with Gasteiger partial charge in [0.05, 0.1) is 11.4 Å². The van der Waals surface area contributed by atoms with Crippen molar-refractivity contribution in [1.82, 2.24) is 9.80 Å². The van der Waals surface area contributed by atoms with E-state index in [0.29, 0.717) is 18.0 Å². The second-order valence-electron chi connectivity index (χ2n) is 4.72. The lowest BCUT2D eigenvalue weighted by Gasteiger charge is -2.35. The Morgan fingerprint density at radius 1 is 1.32 bits per heavy atom. The second-order valence-corrected chi connectivity index (χ2v) is 5.67. The van der Waals surface area contributed by atoms with Crippen molar-refractivity contribution in [3.05, 3.63) is 22.4 Å². The average Bonchev–Trinajstić information content (AvgIpc) is 2.88. The Labute approximate surface area is 115 Å². The van der Waals surface area contributed by atoms with E-state index in [4.69, 9.17) is 0 Å². The number of hydrogen-bond acceptors (Lipinski definition) is 4. The lowest BCUT2D eigenvalue weighted by atomic mass is 10.2. The zero-order valence-corrected chi connectivity index (χ0v) is 11.8. The predicted molar refractivity (Wildman–Crippen MR) is 72.1 cm³/mol. The normalized spacial score (nSPS) is 16.4. The van der Waals surface area contributed by atoms with E-state index in [1.807, 2.05) is 19.2 Å². The molecule has 6 heteroatoms. The highest BCUT2D eigenvalue weighted by atomic mass is 32.1. The van der Waals surface area contributed by atoms with Crippen LogP contribution >= 0.6 is 11.3 Å². The quantitative estimate of drug-likeness (QED) is 0.611. The molecule has 0 aromatic carbocycles. The molecule has 1 aromatic rings. The number of piperazine rings is 1. The minimum Gasteiger partial charge on any atom is -0.330 e. The maximum absolute atomic E-state index is 11.9. The molecule has 1 fully saturated rings. The van der Waals surface area contributed by atoms with Gasteiger partial charge in [0.25, 0.3) is 0 Å². The Hall–Kier alpha value is -1.69. The van der Waals surface area contributed by atoms with E-state index in [0.717, 1.165) is 0 Å². The van der Waals surface area contributed by atoms with Gasteiger partial charge in [-0.3, -0.25) is 14.4 Å². The smallest absolute Gasteiger partial charge is 0.312 e. The van der Waals surface area contributed by atoms with Gasteiger partial charge in [-0.25, -0.2) is 0 Å². The van der Waals surface area contributed by atoms with Crippen LogP contribution in [0.1, 0.15) is 23.5 Å². The number of amides is 2. The summed E-state index contributed by atoms with van der Waals surface area (Å²) in [5.41, 5.74) is 0. The molecule has 2 amide bonds. The van der Waals surface area contributed by atoms with Gasteiger partial charge >= 0.3 is 11.8 Å². The van der Waals surface area contributed by atoms with Crippen molar-refractivity contribution in [3.8, 4) is 0 Å². The SMILES string of the molecule is CC(C)N1CCN(CC(=O)c2cccs2)C(=O)C1=O. The van der Waals surface area contributed by atoms with Crippen molar-refractivity contribution in [2.45, 2.75) is 19.9 Å². The average molecular weight is 280 g/mol. The summed E-state index contributed by atoms with van der Waals surface area (Å²) in [5.74, 6) is -1.21. The highest BCUT2D eigenvalue weighted by Gasteiger charge is 2.34. The minimum atomic E-state index is -0.579. The third-order valence-electron chi connectivity index (χ3n) is 3.10. The van der Waals surface area contributed by atoms with E-state index < -0.39 is 11.8 Å². The number of Topliss-reactive ketones (excluding diaryl/α,β-unsaturated/α-hetero) is 1. The molecule has 1 aliphatic heterocycles. The van der Waals surface area contributed by atoms with Crippen LogP contribution in [0, 0.1) is 0 Å². The molecule has 1 aliphatic rings. The van der Waals surface area contributed by atoms with E-state index in [9.17, 15) is 14.4 Å². The first-order chi connectivity index (χ1) is 9.00. The molecule has 0 saturated carbocycles. The highest BCUT2D eigenvalue weighted by molar-refractivity contribution is 7.12. The van der Waals surface area contributed by atoms with E-state index in [1.54, 1.807) is 12.1 Å². The maximum Gasteiger partial charge on any atom is 0.312 e. The van der Waals surface area contributed by atoms with Crippen LogP contribution in [-0.2, 0) is 9.59 Å². The van der Waals surface area contributed by atoms with Gasteiger partial charge in [-0.1, -0.05) is 6.07 Å². The van der Waals surface area contributed by atoms with Gasteiger partial charge in [-0.05, 0) is 25.3 Å². The lowest BCUT2D eigenvalue weighted by molar-refractivity contribution is -0.156. The number of thiophene rings is 1. The Morgan fingerprint density at radius 3 is 2.63 bits per heavy atom. The summed E-state index contributed by atoms with van der Waals surface area (Å²) >= 11 is 1.34. The van der Waals surface area contributed by atoms with Crippen molar-refractivity contribution in [2.75, 3.05) is 19.6 Å². The Kier molecular flexibility index (Phi) is 3.99. The molecule has 0 radical (unpaired) electrons. The maximum atomic E-state index is 11.9. The van der Waals surface area contributed by atoms with Crippen molar-refractivity contribution < 1.29 is 14.4 Å².